The summed E-state index contributed by atoms with van der Waals surface area (Å²) in [5, 5.41) is 10.4. The van der Waals surface area contributed by atoms with Crippen molar-refractivity contribution in [2.75, 3.05) is 6.61 Å². The largest absolute Gasteiger partial charge is 0.463 e. The van der Waals surface area contributed by atoms with Crippen LogP contribution in [-0.4, -0.2) is 34.9 Å². The van der Waals surface area contributed by atoms with E-state index in [0.29, 0.717) is 12.0 Å². The summed E-state index contributed by atoms with van der Waals surface area (Å²) in [7, 11) is 0. The van der Waals surface area contributed by atoms with Crippen molar-refractivity contribution in [2.45, 2.75) is 58.0 Å². The summed E-state index contributed by atoms with van der Waals surface area (Å²) in [5.74, 6) is -2.94. The molecule has 1 aliphatic carbocycles. The Morgan fingerprint density at radius 3 is 2.42 bits per heavy atom. The Hall–Kier alpha value is -2.01. The van der Waals surface area contributed by atoms with E-state index in [-0.39, 0.29) is 17.7 Å². The fraction of sp³-hybridized carbons (Fsp3) is 0.526. The molecule has 0 radical (unpaired) electrons. The second kappa shape index (κ2) is 7.71. The van der Waals surface area contributed by atoms with E-state index in [9.17, 15) is 19.5 Å². The van der Waals surface area contributed by atoms with Crippen molar-refractivity contribution in [2.24, 2.45) is 0 Å². The first-order valence-electron chi connectivity index (χ1n) is 8.53. The summed E-state index contributed by atoms with van der Waals surface area (Å²) in [6.45, 7) is 3.90. The van der Waals surface area contributed by atoms with Crippen LogP contribution in [0.25, 0.3) is 0 Å². The first kappa shape index (κ1) is 18.3. The Morgan fingerprint density at radius 2 is 1.75 bits per heavy atom. The molecule has 1 aliphatic rings. The second-order valence-electron chi connectivity index (χ2n) is 6.27. The van der Waals surface area contributed by atoms with Crippen molar-refractivity contribution >= 4 is 17.5 Å². The molecule has 0 heterocycles. The number of rotatable bonds is 8. The van der Waals surface area contributed by atoms with E-state index in [2.05, 4.69) is 6.92 Å². The maximum Gasteiger partial charge on any atom is 0.354 e. The van der Waals surface area contributed by atoms with Crippen molar-refractivity contribution in [3.8, 4) is 0 Å². The molecule has 0 spiro atoms. The molecule has 1 atom stereocenters. The minimum Gasteiger partial charge on any atom is -0.463 e. The lowest BCUT2D eigenvalue weighted by Gasteiger charge is -2.17. The average molecular weight is 332 g/mol. The Balaban J connectivity index is 1.96. The smallest absolute Gasteiger partial charge is 0.354 e. The fourth-order valence-corrected chi connectivity index (χ4v) is 2.97. The van der Waals surface area contributed by atoms with Crippen LogP contribution in [0.5, 0.6) is 0 Å². The lowest BCUT2D eigenvalue weighted by Crippen LogP contribution is -2.50. The molecule has 0 aliphatic heterocycles. The lowest BCUT2D eigenvalue weighted by atomic mass is 9.97. The van der Waals surface area contributed by atoms with Gasteiger partial charge in [0.1, 0.15) is 0 Å². The number of carbonyl (C=O) groups excluding carboxylic acids is 3. The average Bonchev–Trinajstić information content (AvgIpc) is 2.77. The monoisotopic (exact) mass is 332 g/mol. The highest BCUT2D eigenvalue weighted by Crippen LogP contribution is 2.33. The first-order valence-corrected chi connectivity index (χ1v) is 8.53. The number of hydrogen-bond acceptors (Lipinski definition) is 5. The summed E-state index contributed by atoms with van der Waals surface area (Å²) in [6.07, 6.45) is 6.09. The summed E-state index contributed by atoms with van der Waals surface area (Å²) in [5.41, 5.74) is -1.97. The van der Waals surface area contributed by atoms with E-state index in [4.69, 9.17) is 4.74 Å². The SMILES string of the molecule is CCCCCCCCOC(=O)C1(O)C(=O)c2cccc(C)c2C1=O. The molecule has 0 saturated carbocycles. The number of Topliss-reactive ketones (excluding diaryl/α,β-unsaturated/α-hetero) is 2. The van der Waals surface area contributed by atoms with Crippen molar-refractivity contribution in [3.05, 3.63) is 34.9 Å². The van der Waals surface area contributed by atoms with E-state index >= 15 is 0 Å². The Kier molecular flexibility index (Phi) is 5.89. The van der Waals surface area contributed by atoms with Crippen LogP contribution in [0.1, 0.15) is 71.7 Å². The van der Waals surface area contributed by atoms with E-state index < -0.39 is 23.1 Å². The standard InChI is InChI=1S/C19H24O5/c1-3-4-5-6-7-8-12-24-18(22)19(23)16(20)14-11-9-10-13(2)15(14)17(19)21/h9-11,23H,3-8,12H2,1-2H3. The van der Waals surface area contributed by atoms with Gasteiger partial charge < -0.3 is 9.84 Å². The highest BCUT2D eigenvalue weighted by Gasteiger charge is 2.59. The Labute approximate surface area is 142 Å². The van der Waals surface area contributed by atoms with Gasteiger partial charge in [-0.05, 0) is 18.9 Å². The van der Waals surface area contributed by atoms with Crippen molar-refractivity contribution in [1.29, 1.82) is 0 Å². The zero-order valence-corrected chi connectivity index (χ0v) is 14.3. The molecule has 1 aromatic rings. The maximum atomic E-state index is 12.4. The van der Waals surface area contributed by atoms with Gasteiger partial charge in [0.2, 0.25) is 11.6 Å². The molecule has 1 aromatic carbocycles. The molecule has 0 aromatic heterocycles. The number of carbonyl (C=O) groups is 3. The summed E-state index contributed by atoms with van der Waals surface area (Å²) in [6, 6.07) is 4.73. The Bertz CT molecular complexity index is 649. The van der Waals surface area contributed by atoms with Crippen LogP contribution in [0.4, 0.5) is 0 Å². The number of hydrogen-bond donors (Lipinski definition) is 1. The van der Waals surface area contributed by atoms with Crippen molar-refractivity contribution < 1.29 is 24.2 Å². The molecular weight excluding hydrogens is 308 g/mol. The molecule has 1 N–H and O–H groups in total. The van der Waals surface area contributed by atoms with Gasteiger partial charge in [0, 0.05) is 11.1 Å². The zero-order chi connectivity index (χ0) is 17.7. The van der Waals surface area contributed by atoms with Gasteiger partial charge in [0.25, 0.3) is 5.60 Å². The quantitative estimate of drug-likeness (QED) is 0.450. The molecule has 130 valence electrons. The lowest BCUT2D eigenvalue weighted by molar-refractivity contribution is -0.156. The highest BCUT2D eigenvalue weighted by molar-refractivity contribution is 6.41. The van der Waals surface area contributed by atoms with E-state index in [0.717, 1.165) is 25.7 Å². The van der Waals surface area contributed by atoms with Gasteiger partial charge in [-0.1, -0.05) is 57.2 Å². The van der Waals surface area contributed by atoms with Crippen LogP contribution >= 0.6 is 0 Å². The molecule has 0 amide bonds. The summed E-state index contributed by atoms with van der Waals surface area (Å²) < 4.78 is 5.02. The molecular formula is C19H24O5. The van der Waals surface area contributed by atoms with Crippen LogP contribution in [0.15, 0.2) is 18.2 Å². The third kappa shape index (κ3) is 3.26. The number of unbranched alkanes of at least 4 members (excludes halogenated alkanes) is 5. The predicted molar refractivity (Wildman–Crippen MR) is 89.1 cm³/mol. The first-order chi connectivity index (χ1) is 11.4. The fourth-order valence-electron chi connectivity index (χ4n) is 2.97. The molecule has 1 unspecified atom stereocenters. The third-order valence-electron chi connectivity index (χ3n) is 4.43. The number of benzene rings is 1. The van der Waals surface area contributed by atoms with Crippen LogP contribution in [0, 0.1) is 6.92 Å². The van der Waals surface area contributed by atoms with Gasteiger partial charge in [0.05, 0.1) is 6.61 Å². The van der Waals surface area contributed by atoms with Crippen LogP contribution < -0.4 is 0 Å². The van der Waals surface area contributed by atoms with Crippen molar-refractivity contribution in [3.63, 3.8) is 0 Å². The number of aliphatic hydroxyl groups is 1. The second-order valence-corrected chi connectivity index (χ2v) is 6.27. The zero-order valence-electron chi connectivity index (χ0n) is 14.3. The van der Waals surface area contributed by atoms with Crippen LogP contribution in [0.2, 0.25) is 0 Å². The molecule has 2 rings (SSSR count). The topological polar surface area (TPSA) is 80.7 Å². The van der Waals surface area contributed by atoms with Gasteiger partial charge in [-0.15, -0.1) is 0 Å². The molecule has 5 nitrogen and oxygen atoms in total. The van der Waals surface area contributed by atoms with Crippen LogP contribution in [-0.2, 0) is 9.53 Å². The molecule has 0 fully saturated rings. The number of esters is 1. The Morgan fingerprint density at radius 1 is 1.08 bits per heavy atom. The van der Waals surface area contributed by atoms with Gasteiger partial charge in [0.15, 0.2) is 0 Å². The molecule has 24 heavy (non-hydrogen) atoms. The van der Waals surface area contributed by atoms with Crippen molar-refractivity contribution in [1.82, 2.24) is 0 Å². The van der Waals surface area contributed by atoms with Gasteiger partial charge in [-0.3, -0.25) is 9.59 Å². The number of ether oxygens (including phenoxy) is 1. The molecule has 0 saturated heterocycles. The molecule has 0 bridgehead atoms. The summed E-state index contributed by atoms with van der Waals surface area (Å²) in [4.78, 5) is 37.0. The van der Waals surface area contributed by atoms with Gasteiger partial charge in [-0.25, -0.2) is 4.79 Å². The van der Waals surface area contributed by atoms with E-state index in [1.807, 2.05) is 0 Å². The normalized spacial score (nSPS) is 19.5. The summed E-state index contributed by atoms with van der Waals surface area (Å²) >= 11 is 0. The number of aryl methyl sites for hydroxylation is 1. The number of ketones is 2. The van der Waals surface area contributed by atoms with Crippen LogP contribution in [0.3, 0.4) is 0 Å². The third-order valence-corrected chi connectivity index (χ3v) is 4.43. The minimum atomic E-state index is -2.73. The highest BCUT2D eigenvalue weighted by atomic mass is 16.6. The van der Waals surface area contributed by atoms with E-state index in [1.165, 1.54) is 12.5 Å². The van der Waals surface area contributed by atoms with Gasteiger partial charge in [-0.2, -0.15) is 0 Å². The number of fused-ring (bicyclic) bond motifs is 1. The maximum absolute atomic E-state index is 12.4. The van der Waals surface area contributed by atoms with E-state index in [1.54, 1.807) is 19.1 Å². The molecule has 5 heteroatoms. The van der Waals surface area contributed by atoms with Gasteiger partial charge >= 0.3 is 5.97 Å². The predicted octanol–water partition coefficient (Wildman–Crippen LogP) is 3.01. The minimum absolute atomic E-state index is 0.0824.